The van der Waals surface area contributed by atoms with E-state index in [2.05, 4.69) is 17.4 Å². The molecule has 17 heavy (non-hydrogen) atoms. The van der Waals surface area contributed by atoms with Gasteiger partial charge in [0, 0.05) is 17.8 Å². The van der Waals surface area contributed by atoms with Gasteiger partial charge in [-0.15, -0.1) is 11.6 Å². The van der Waals surface area contributed by atoms with Crippen molar-refractivity contribution in [1.82, 2.24) is 5.32 Å². The molecule has 0 saturated carbocycles. The molecule has 0 radical (unpaired) electrons. The predicted molar refractivity (Wildman–Crippen MR) is 70.3 cm³/mol. The van der Waals surface area contributed by atoms with Gasteiger partial charge in [0.1, 0.15) is 0 Å². The summed E-state index contributed by atoms with van der Waals surface area (Å²) < 4.78 is 0. The summed E-state index contributed by atoms with van der Waals surface area (Å²) >= 11 is 5.66. The van der Waals surface area contributed by atoms with Crippen LogP contribution in [-0.2, 0) is 17.6 Å². The van der Waals surface area contributed by atoms with Gasteiger partial charge in [-0.2, -0.15) is 0 Å². The molecule has 1 N–H and O–H groups in total. The Morgan fingerprint density at radius 2 is 2.00 bits per heavy atom. The van der Waals surface area contributed by atoms with E-state index in [9.17, 15) is 4.79 Å². The van der Waals surface area contributed by atoms with Gasteiger partial charge in [0.2, 0.25) is 5.91 Å². The molecule has 0 aliphatic heterocycles. The maximum absolute atomic E-state index is 12.0. The van der Waals surface area contributed by atoms with E-state index in [1.807, 2.05) is 19.1 Å². The number of benzene rings is 1. The van der Waals surface area contributed by atoms with Gasteiger partial charge in [-0.1, -0.05) is 24.3 Å². The number of amides is 1. The molecule has 3 heteroatoms. The van der Waals surface area contributed by atoms with Crippen molar-refractivity contribution in [2.45, 2.75) is 32.2 Å². The van der Waals surface area contributed by atoms with E-state index in [4.69, 9.17) is 11.6 Å². The zero-order chi connectivity index (χ0) is 12.3. The molecule has 92 valence electrons. The molecule has 1 amide bonds. The number of fused-ring (bicyclic) bond motifs is 1. The van der Waals surface area contributed by atoms with E-state index in [0.717, 1.165) is 19.3 Å². The molecule has 0 saturated heterocycles. The number of hydrogen-bond donors (Lipinski definition) is 1. The molecule has 1 unspecified atom stereocenters. The fourth-order valence-corrected chi connectivity index (χ4v) is 2.67. The number of halogens is 1. The van der Waals surface area contributed by atoms with Crippen LogP contribution in [0.1, 0.15) is 24.5 Å². The van der Waals surface area contributed by atoms with Crippen molar-refractivity contribution in [3.8, 4) is 0 Å². The number of carbonyl (C=O) groups is 1. The lowest BCUT2D eigenvalue weighted by molar-refractivity contribution is -0.125. The summed E-state index contributed by atoms with van der Waals surface area (Å²) in [5.41, 5.74) is 2.63. The normalized spacial score (nSPS) is 16.6. The maximum Gasteiger partial charge on any atom is 0.223 e. The van der Waals surface area contributed by atoms with Gasteiger partial charge in [-0.25, -0.2) is 0 Å². The summed E-state index contributed by atoms with van der Waals surface area (Å²) in [7, 11) is 0. The molecule has 1 aliphatic rings. The topological polar surface area (TPSA) is 29.1 Å². The summed E-state index contributed by atoms with van der Waals surface area (Å²) in [6, 6.07) is 8.48. The van der Waals surface area contributed by atoms with Crippen LogP contribution in [0, 0.1) is 5.92 Å². The lowest BCUT2D eigenvalue weighted by Gasteiger charge is -2.15. The molecule has 1 atom stereocenters. The molecule has 0 aromatic heterocycles. The first-order valence-corrected chi connectivity index (χ1v) is 6.67. The van der Waals surface area contributed by atoms with Crippen LogP contribution >= 0.6 is 11.6 Å². The second-order valence-corrected chi connectivity index (χ2v) is 5.14. The van der Waals surface area contributed by atoms with Gasteiger partial charge in [0.25, 0.3) is 0 Å². The Balaban J connectivity index is 1.92. The Morgan fingerprint density at radius 3 is 2.53 bits per heavy atom. The molecule has 1 aromatic rings. The van der Waals surface area contributed by atoms with Crippen molar-refractivity contribution in [1.29, 1.82) is 0 Å². The highest BCUT2D eigenvalue weighted by atomic mass is 35.5. The van der Waals surface area contributed by atoms with E-state index < -0.39 is 0 Å². The molecule has 1 aromatic carbocycles. The molecule has 2 nitrogen and oxygen atoms in total. The average molecular weight is 252 g/mol. The SMILES string of the molecule is CC(CCCl)NC(=O)C1Cc2ccccc2C1. The first-order valence-electron chi connectivity index (χ1n) is 6.14. The van der Waals surface area contributed by atoms with Gasteiger partial charge < -0.3 is 5.32 Å². The van der Waals surface area contributed by atoms with Crippen molar-refractivity contribution in [2.75, 3.05) is 5.88 Å². The lowest BCUT2D eigenvalue weighted by atomic mass is 10.0. The Hall–Kier alpha value is -1.02. The Bertz CT molecular complexity index is 380. The van der Waals surface area contributed by atoms with Crippen molar-refractivity contribution < 1.29 is 4.79 Å². The molecule has 0 spiro atoms. The van der Waals surface area contributed by atoms with Crippen LogP contribution < -0.4 is 5.32 Å². The van der Waals surface area contributed by atoms with Crippen molar-refractivity contribution in [2.24, 2.45) is 5.92 Å². The Morgan fingerprint density at radius 1 is 1.41 bits per heavy atom. The van der Waals surface area contributed by atoms with Gasteiger partial charge in [-0.3, -0.25) is 4.79 Å². The lowest BCUT2D eigenvalue weighted by Crippen LogP contribution is -2.37. The fraction of sp³-hybridized carbons (Fsp3) is 0.500. The predicted octanol–water partition coefficient (Wildman–Crippen LogP) is 2.54. The number of alkyl halides is 1. The molecule has 2 rings (SSSR count). The minimum absolute atomic E-state index is 0.102. The highest BCUT2D eigenvalue weighted by Crippen LogP contribution is 2.26. The largest absolute Gasteiger partial charge is 0.353 e. The third kappa shape index (κ3) is 3.01. The minimum Gasteiger partial charge on any atom is -0.353 e. The third-order valence-corrected chi connectivity index (χ3v) is 3.57. The minimum atomic E-state index is 0.102. The van der Waals surface area contributed by atoms with Crippen molar-refractivity contribution in [3.63, 3.8) is 0 Å². The van der Waals surface area contributed by atoms with E-state index in [1.165, 1.54) is 11.1 Å². The van der Waals surface area contributed by atoms with E-state index in [0.29, 0.717) is 5.88 Å². The molecule has 1 aliphatic carbocycles. The second-order valence-electron chi connectivity index (χ2n) is 4.76. The van der Waals surface area contributed by atoms with Crippen LogP contribution in [0.3, 0.4) is 0 Å². The molecule has 0 bridgehead atoms. The van der Waals surface area contributed by atoms with Crippen LogP contribution in [-0.4, -0.2) is 17.8 Å². The van der Waals surface area contributed by atoms with Gasteiger partial charge in [0.05, 0.1) is 0 Å². The summed E-state index contributed by atoms with van der Waals surface area (Å²) in [5.74, 6) is 0.857. The zero-order valence-corrected chi connectivity index (χ0v) is 10.8. The molecule has 0 fully saturated rings. The average Bonchev–Trinajstić information content (AvgIpc) is 2.72. The van der Waals surface area contributed by atoms with Crippen molar-refractivity contribution >= 4 is 17.5 Å². The molecular formula is C14H18ClNO. The standard InChI is InChI=1S/C14H18ClNO/c1-10(6-7-15)16-14(17)13-8-11-4-2-3-5-12(11)9-13/h2-5,10,13H,6-9H2,1H3,(H,16,17). The number of nitrogens with one attached hydrogen (secondary N) is 1. The zero-order valence-electron chi connectivity index (χ0n) is 10.1. The number of hydrogen-bond acceptors (Lipinski definition) is 1. The quantitative estimate of drug-likeness (QED) is 0.819. The van der Waals surface area contributed by atoms with E-state index in [1.54, 1.807) is 0 Å². The van der Waals surface area contributed by atoms with Crippen LogP contribution in [0.25, 0.3) is 0 Å². The summed E-state index contributed by atoms with van der Waals surface area (Å²) in [6.07, 6.45) is 2.57. The fourth-order valence-electron chi connectivity index (χ4n) is 2.34. The van der Waals surface area contributed by atoms with Gasteiger partial charge in [0.15, 0.2) is 0 Å². The third-order valence-electron chi connectivity index (χ3n) is 3.35. The highest BCUT2D eigenvalue weighted by molar-refractivity contribution is 6.17. The van der Waals surface area contributed by atoms with E-state index >= 15 is 0 Å². The smallest absolute Gasteiger partial charge is 0.223 e. The van der Waals surface area contributed by atoms with Crippen LogP contribution in [0.2, 0.25) is 0 Å². The first kappa shape index (κ1) is 12.4. The Kier molecular flexibility index (Phi) is 4.06. The monoisotopic (exact) mass is 251 g/mol. The molecular weight excluding hydrogens is 234 g/mol. The van der Waals surface area contributed by atoms with Crippen LogP contribution in [0.15, 0.2) is 24.3 Å². The Labute approximate surface area is 107 Å². The van der Waals surface area contributed by atoms with Crippen LogP contribution in [0.4, 0.5) is 0 Å². The number of carbonyl (C=O) groups excluding carboxylic acids is 1. The maximum atomic E-state index is 12.0. The summed E-state index contributed by atoms with van der Waals surface area (Å²) in [5, 5.41) is 3.03. The van der Waals surface area contributed by atoms with Crippen LogP contribution in [0.5, 0.6) is 0 Å². The second kappa shape index (κ2) is 5.54. The highest BCUT2D eigenvalue weighted by Gasteiger charge is 2.27. The summed E-state index contributed by atoms with van der Waals surface area (Å²) in [6.45, 7) is 2.00. The first-order chi connectivity index (χ1) is 8.20. The van der Waals surface area contributed by atoms with E-state index in [-0.39, 0.29) is 17.9 Å². The molecule has 0 heterocycles. The van der Waals surface area contributed by atoms with Crippen molar-refractivity contribution in [3.05, 3.63) is 35.4 Å². The summed E-state index contributed by atoms with van der Waals surface area (Å²) in [4.78, 5) is 12.0. The van der Waals surface area contributed by atoms with Gasteiger partial charge in [-0.05, 0) is 37.3 Å². The number of rotatable bonds is 4. The van der Waals surface area contributed by atoms with Gasteiger partial charge >= 0.3 is 0 Å².